The predicted octanol–water partition coefficient (Wildman–Crippen LogP) is 4.94. The Labute approximate surface area is 198 Å². The minimum absolute atomic E-state index is 0.0483. The van der Waals surface area contributed by atoms with Crippen molar-refractivity contribution in [1.82, 2.24) is 24.8 Å². The Morgan fingerprint density at radius 1 is 1.06 bits per heavy atom. The van der Waals surface area contributed by atoms with Crippen LogP contribution in [0, 0.1) is 6.92 Å². The van der Waals surface area contributed by atoms with E-state index >= 15 is 0 Å². The highest BCUT2D eigenvalue weighted by Gasteiger charge is 2.32. The molecule has 0 spiro atoms. The Balaban J connectivity index is 1.34. The average molecular weight is 452 g/mol. The molecule has 1 fully saturated rings. The van der Waals surface area contributed by atoms with Crippen LogP contribution < -0.4 is 4.74 Å². The summed E-state index contributed by atoms with van der Waals surface area (Å²) in [7, 11) is 0. The minimum Gasteiger partial charge on any atom is -0.424 e. The molecule has 1 amide bonds. The third-order valence-corrected chi connectivity index (χ3v) is 5.86. The molecule has 170 valence electrons. The first-order valence-corrected chi connectivity index (χ1v) is 11.4. The summed E-state index contributed by atoms with van der Waals surface area (Å²) >= 11 is 0. The van der Waals surface area contributed by atoms with Gasteiger partial charge < -0.3 is 9.64 Å². The average Bonchev–Trinajstić information content (AvgIpc) is 3.35. The van der Waals surface area contributed by atoms with Crippen molar-refractivity contribution in [3.63, 3.8) is 0 Å². The highest BCUT2D eigenvalue weighted by Crippen LogP contribution is 2.32. The fourth-order valence-electron chi connectivity index (χ4n) is 4.32. The van der Waals surface area contributed by atoms with E-state index in [1.165, 1.54) is 11.1 Å². The molecule has 0 radical (unpaired) electrons. The van der Waals surface area contributed by atoms with E-state index in [2.05, 4.69) is 46.1 Å². The van der Waals surface area contributed by atoms with Crippen LogP contribution in [0.4, 0.5) is 0 Å². The number of ether oxygens (including phenoxy) is 1. The molecule has 1 aliphatic rings. The molecule has 0 unspecified atom stereocenters. The number of carbonyl (C=O) groups excluding carboxylic acids is 1. The fraction of sp³-hybridized carbons (Fsp3) is 0.222. The normalized spacial score (nSPS) is 15.3. The van der Waals surface area contributed by atoms with Gasteiger partial charge in [-0.3, -0.25) is 14.8 Å². The van der Waals surface area contributed by atoms with Gasteiger partial charge in [-0.1, -0.05) is 35.9 Å². The van der Waals surface area contributed by atoms with E-state index in [0.29, 0.717) is 24.3 Å². The monoisotopic (exact) mass is 451 g/mol. The van der Waals surface area contributed by atoms with Crippen molar-refractivity contribution in [3.8, 4) is 11.8 Å². The van der Waals surface area contributed by atoms with Crippen molar-refractivity contribution < 1.29 is 9.53 Å². The molecule has 1 aliphatic heterocycles. The van der Waals surface area contributed by atoms with E-state index in [-0.39, 0.29) is 18.0 Å². The smallest absolute Gasteiger partial charge is 0.321 e. The number of aryl methyl sites for hydroxylation is 1. The highest BCUT2D eigenvalue weighted by atomic mass is 16.5. The van der Waals surface area contributed by atoms with Gasteiger partial charge in [-0.15, -0.1) is 0 Å². The number of benzene rings is 2. The van der Waals surface area contributed by atoms with E-state index in [0.717, 1.165) is 24.2 Å². The van der Waals surface area contributed by atoms with Crippen LogP contribution in [-0.2, 0) is 6.42 Å². The molecule has 1 atom stereocenters. The number of likely N-dealkylation sites (tertiary alicyclic amines) is 1. The van der Waals surface area contributed by atoms with Crippen LogP contribution in [0.25, 0.3) is 0 Å². The van der Waals surface area contributed by atoms with Crippen LogP contribution in [0.1, 0.15) is 51.8 Å². The maximum atomic E-state index is 13.4. The summed E-state index contributed by atoms with van der Waals surface area (Å²) in [5, 5.41) is 0. The zero-order valence-electron chi connectivity index (χ0n) is 19.0. The van der Waals surface area contributed by atoms with Crippen molar-refractivity contribution in [2.45, 2.75) is 32.2 Å². The van der Waals surface area contributed by atoms with Gasteiger partial charge in [-0.05, 0) is 49.6 Å². The SMILES string of the molecule is Cc1cccc(Cc2cncc([C@@H]3CCCN3C(=O)c3cccc(Oc4ncccn4)c3)n2)c1. The van der Waals surface area contributed by atoms with Gasteiger partial charge in [0.1, 0.15) is 5.75 Å². The molecule has 4 aromatic rings. The Morgan fingerprint density at radius 3 is 2.76 bits per heavy atom. The lowest BCUT2D eigenvalue weighted by molar-refractivity contribution is 0.0732. The van der Waals surface area contributed by atoms with Gasteiger partial charge in [-0.25, -0.2) is 9.97 Å². The summed E-state index contributed by atoms with van der Waals surface area (Å²) in [5.41, 5.74) is 4.72. The number of carbonyl (C=O) groups is 1. The number of hydrogen-bond acceptors (Lipinski definition) is 6. The lowest BCUT2D eigenvalue weighted by Gasteiger charge is -2.24. The summed E-state index contributed by atoms with van der Waals surface area (Å²) in [6.45, 7) is 2.76. The predicted molar refractivity (Wildman–Crippen MR) is 128 cm³/mol. The fourth-order valence-corrected chi connectivity index (χ4v) is 4.32. The molecule has 7 heteroatoms. The summed E-state index contributed by atoms with van der Waals surface area (Å²) in [6, 6.07) is 17.4. The van der Waals surface area contributed by atoms with Crippen LogP contribution >= 0.6 is 0 Å². The number of aromatic nitrogens is 4. The second-order valence-electron chi connectivity index (χ2n) is 8.42. The standard InChI is InChI=1S/C27H25N5O2/c1-19-6-2-7-20(14-19)15-22-17-28-18-24(31-22)25-10-4-13-32(25)26(33)21-8-3-9-23(16-21)34-27-29-11-5-12-30-27/h2-3,5-9,11-12,14,16-18,25H,4,10,13,15H2,1H3/t25-/m0/s1. The Hall–Kier alpha value is -4.13. The molecule has 1 saturated heterocycles. The second kappa shape index (κ2) is 9.79. The molecule has 0 aliphatic carbocycles. The summed E-state index contributed by atoms with van der Waals surface area (Å²) in [4.78, 5) is 32.8. The lowest BCUT2D eigenvalue weighted by Crippen LogP contribution is -2.31. The van der Waals surface area contributed by atoms with Crippen molar-refractivity contribution in [2.75, 3.05) is 6.54 Å². The van der Waals surface area contributed by atoms with Gasteiger partial charge in [0.15, 0.2) is 0 Å². The third kappa shape index (κ3) is 4.93. The van der Waals surface area contributed by atoms with Crippen molar-refractivity contribution in [2.24, 2.45) is 0 Å². The molecule has 0 N–H and O–H groups in total. The molecule has 2 aromatic heterocycles. The lowest BCUT2D eigenvalue weighted by atomic mass is 10.1. The molecule has 7 nitrogen and oxygen atoms in total. The number of rotatable bonds is 6. The van der Waals surface area contributed by atoms with E-state index in [1.54, 1.807) is 55.1 Å². The number of nitrogens with zero attached hydrogens (tertiary/aromatic N) is 5. The summed E-state index contributed by atoms with van der Waals surface area (Å²) in [5.74, 6) is 0.473. The maximum Gasteiger partial charge on any atom is 0.321 e. The van der Waals surface area contributed by atoms with E-state index in [1.807, 2.05) is 4.90 Å². The topological polar surface area (TPSA) is 81.1 Å². The zero-order valence-corrected chi connectivity index (χ0v) is 19.0. The zero-order chi connectivity index (χ0) is 23.3. The van der Waals surface area contributed by atoms with Crippen LogP contribution in [0.15, 0.2) is 79.4 Å². The molecule has 0 bridgehead atoms. The molecule has 2 aromatic carbocycles. The molecular weight excluding hydrogens is 426 g/mol. The molecule has 5 rings (SSSR count). The third-order valence-electron chi connectivity index (χ3n) is 5.86. The Bertz CT molecular complexity index is 1290. The largest absolute Gasteiger partial charge is 0.424 e. The van der Waals surface area contributed by atoms with Gasteiger partial charge in [0.2, 0.25) is 0 Å². The quantitative estimate of drug-likeness (QED) is 0.413. The Kier molecular flexibility index (Phi) is 6.25. The molecule has 0 saturated carbocycles. The Morgan fingerprint density at radius 2 is 1.91 bits per heavy atom. The first kappa shape index (κ1) is 21.7. The van der Waals surface area contributed by atoms with Gasteiger partial charge in [0.25, 0.3) is 5.91 Å². The summed E-state index contributed by atoms with van der Waals surface area (Å²) in [6.07, 6.45) is 9.31. The number of hydrogen-bond donors (Lipinski definition) is 0. The molecule has 34 heavy (non-hydrogen) atoms. The second-order valence-corrected chi connectivity index (χ2v) is 8.42. The minimum atomic E-state index is -0.0977. The van der Waals surface area contributed by atoms with Crippen molar-refractivity contribution in [3.05, 3.63) is 107 Å². The first-order chi connectivity index (χ1) is 16.7. The molecular formula is C27H25N5O2. The van der Waals surface area contributed by atoms with Crippen LogP contribution in [0.2, 0.25) is 0 Å². The van der Waals surface area contributed by atoms with E-state index in [4.69, 9.17) is 9.72 Å². The van der Waals surface area contributed by atoms with Gasteiger partial charge in [0.05, 0.1) is 23.6 Å². The van der Waals surface area contributed by atoms with Gasteiger partial charge in [0, 0.05) is 37.1 Å². The summed E-state index contributed by atoms with van der Waals surface area (Å²) < 4.78 is 5.71. The molecule has 3 heterocycles. The van der Waals surface area contributed by atoms with Crippen LogP contribution in [0.3, 0.4) is 0 Å². The maximum absolute atomic E-state index is 13.4. The van der Waals surface area contributed by atoms with Crippen LogP contribution in [0.5, 0.6) is 11.8 Å². The van der Waals surface area contributed by atoms with Gasteiger partial charge >= 0.3 is 6.01 Å². The van der Waals surface area contributed by atoms with Gasteiger partial charge in [-0.2, -0.15) is 0 Å². The number of amides is 1. The van der Waals surface area contributed by atoms with Crippen molar-refractivity contribution >= 4 is 5.91 Å². The van der Waals surface area contributed by atoms with Crippen LogP contribution in [-0.4, -0.2) is 37.3 Å². The van der Waals surface area contributed by atoms with E-state index in [9.17, 15) is 4.79 Å². The van der Waals surface area contributed by atoms with E-state index < -0.39 is 0 Å². The first-order valence-electron chi connectivity index (χ1n) is 11.4. The van der Waals surface area contributed by atoms with Crippen molar-refractivity contribution in [1.29, 1.82) is 0 Å². The highest BCUT2D eigenvalue weighted by molar-refractivity contribution is 5.95.